The van der Waals surface area contributed by atoms with Gasteiger partial charge in [-0.3, -0.25) is 0 Å². The van der Waals surface area contributed by atoms with Gasteiger partial charge < -0.3 is 14.6 Å². The molecule has 0 saturated heterocycles. The molecule has 0 amide bonds. The highest BCUT2D eigenvalue weighted by Gasteiger charge is 2.05. The molecule has 0 unspecified atom stereocenters. The van der Waals surface area contributed by atoms with Gasteiger partial charge in [-0.15, -0.1) is 0 Å². The summed E-state index contributed by atoms with van der Waals surface area (Å²) in [7, 11) is 0. The molecule has 0 aromatic heterocycles. The summed E-state index contributed by atoms with van der Waals surface area (Å²) in [5.41, 5.74) is 0.754. The van der Waals surface area contributed by atoms with Crippen molar-refractivity contribution in [2.75, 3.05) is 13.2 Å². The van der Waals surface area contributed by atoms with Crippen molar-refractivity contribution in [1.82, 2.24) is 0 Å². The van der Waals surface area contributed by atoms with E-state index in [1.54, 1.807) is 6.08 Å². The largest absolute Gasteiger partial charge is 0.493 e. The number of hydrogen-bond acceptors (Lipinski definition) is 3. The molecule has 4 heteroatoms. The molecule has 128 valence electrons. The van der Waals surface area contributed by atoms with Crippen LogP contribution in [0, 0.1) is 0 Å². The number of carboxylic acids is 1. The summed E-state index contributed by atoms with van der Waals surface area (Å²) in [6, 6.07) is 5.54. The lowest BCUT2D eigenvalue weighted by Gasteiger charge is -2.12. The molecule has 0 aliphatic rings. The van der Waals surface area contributed by atoms with E-state index in [-0.39, 0.29) is 0 Å². The number of unbranched alkanes of at least 4 members (excludes halogenated alkanes) is 4. The topological polar surface area (TPSA) is 55.8 Å². The Morgan fingerprint density at radius 3 is 2.30 bits per heavy atom. The van der Waals surface area contributed by atoms with Crippen molar-refractivity contribution < 1.29 is 19.4 Å². The zero-order chi connectivity index (χ0) is 16.9. The molecule has 0 bridgehead atoms. The summed E-state index contributed by atoms with van der Waals surface area (Å²) < 4.78 is 11.6. The van der Waals surface area contributed by atoms with E-state index in [0.717, 1.165) is 55.9 Å². The molecule has 0 saturated carbocycles. The molecule has 0 aliphatic heterocycles. The van der Waals surface area contributed by atoms with Gasteiger partial charge in [0, 0.05) is 17.7 Å². The van der Waals surface area contributed by atoms with E-state index in [1.807, 2.05) is 18.2 Å². The second-order valence-electron chi connectivity index (χ2n) is 5.48. The molecule has 23 heavy (non-hydrogen) atoms. The Kier molecular flexibility index (Phi) is 9.60. The van der Waals surface area contributed by atoms with Gasteiger partial charge in [0.25, 0.3) is 0 Å². The molecular formula is C19H28O4. The highest BCUT2D eigenvalue weighted by atomic mass is 16.5. The van der Waals surface area contributed by atoms with Crippen molar-refractivity contribution in [3.63, 3.8) is 0 Å². The smallest absolute Gasteiger partial charge is 0.328 e. The third-order valence-corrected chi connectivity index (χ3v) is 3.41. The Hall–Kier alpha value is -1.97. The number of aliphatic carboxylic acids is 1. The lowest BCUT2D eigenvalue weighted by molar-refractivity contribution is -0.131. The first kappa shape index (κ1) is 19.1. The van der Waals surface area contributed by atoms with Crippen LogP contribution in [0.4, 0.5) is 0 Å². The number of benzene rings is 1. The fourth-order valence-corrected chi connectivity index (χ4v) is 2.10. The maximum atomic E-state index is 10.7. The van der Waals surface area contributed by atoms with Gasteiger partial charge in [0.2, 0.25) is 0 Å². The minimum atomic E-state index is -0.971. The molecule has 0 heterocycles. The van der Waals surface area contributed by atoms with Crippen LogP contribution in [-0.4, -0.2) is 24.3 Å². The minimum Gasteiger partial charge on any atom is -0.493 e. The van der Waals surface area contributed by atoms with Crippen molar-refractivity contribution in [3.05, 3.63) is 29.8 Å². The van der Waals surface area contributed by atoms with Crippen molar-refractivity contribution in [2.24, 2.45) is 0 Å². The molecule has 1 aromatic carbocycles. The van der Waals surface area contributed by atoms with Crippen LogP contribution in [0.5, 0.6) is 11.5 Å². The van der Waals surface area contributed by atoms with Crippen LogP contribution in [0.3, 0.4) is 0 Å². The molecular weight excluding hydrogens is 292 g/mol. The third-order valence-electron chi connectivity index (χ3n) is 3.41. The SMILES string of the molecule is CCCCCOc1ccc(C=CC(=O)O)c(OCCCCC)c1. The van der Waals surface area contributed by atoms with Crippen molar-refractivity contribution in [3.8, 4) is 11.5 Å². The molecule has 1 rings (SSSR count). The Balaban J connectivity index is 2.73. The van der Waals surface area contributed by atoms with Gasteiger partial charge in [-0.05, 0) is 31.1 Å². The first-order chi connectivity index (χ1) is 11.2. The first-order valence-electron chi connectivity index (χ1n) is 8.48. The molecule has 1 N–H and O–H groups in total. The van der Waals surface area contributed by atoms with Gasteiger partial charge in [-0.2, -0.15) is 0 Å². The zero-order valence-corrected chi connectivity index (χ0v) is 14.2. The van der Waals surface area contributed by atoms with Gasteiger partial charge in [0.1, 0.15) is 11.5 Å². The van der Waals surface area contributed by atoms with Gasteiger partial charge in [-0.1, -0.05) is 39.5 Å². The molecule has 0 radical (unpaired) electrons. The minimum absolute atomic E-state index is 0.626. The van der Waals surface area contributed by atoms with Gasteiger partial charge in [0.15, 0.2) is 0 Å². The summed E-state index contributed by atoms with van der Waals surface area (Å²) in [4.78, 5) is 10.7. The van der Waals surface area contributed by atoms with Crippen molar-refractivity contribution >= 4 is 12.0 Å². The molecule has 0 fully saturated rings. The van der Waals surface area contributed by atoms with Crippen molar-refractivity contribution in [1.29, 1.82) is 0 Å². The monoisotopic (exact) mass is 320 g/mol. The van der Waals surface area contributed by atoms with Crippen molar-refractivity contribution in [2.45, 2.75) is 52.4 Å². The average molecular weight is 320 g/mol. The molecule has 0 aliphatic carbocycles. The summed E-state index contributed by atoms with van der Waals surface area (Å²) in [5.74, 6) is 0.465. The lowest BCUT2D eigenvalue weighted by atomic mass is 10.1. The number of carbonyl (C=O) groups is 1. The number of rotatable bonds is 12. The van der Waals surface area contributed by atoms with Crippen LogP contribution in [0.25, 0.3) is 6.08 Å². The zero-order valence-electron chi connectivity index (χ0n) is 14.2. The summed E-state index contributed by atoms with van der Waals surface area (Å²) in [6.07, 6.45) is 9.26. The number of carboxylic acid groups (broad SMARTS) is 1. The lowest BCUT2D eigenvalue weighted by Crippen LogP contribution is -2.01. The number of ether oxygens (including phenoxy) is 2. The van der Waals surface area contributed by atoms with Gasteiger partial charge >= 0.3 is 5.97 Å². The van der Waals surface area contributed by atoms with Crippen LogP contribution in [0.1, 0.15) is 57.9 Å². The van der Waals surface area contributed by atoms with E-state index in [9.17, 15) is 4.79 Å². The Morgan fingerprint density at radius 2 is 1.70 bits per heavy atom. The molecule has 0 atom stereocenters. The van der Waals surface area contributed by atoms with E-state index in [1.165, 1.54) is 0 Å². The summed E-state index contributed by atoms with van der Waals surface area (Å²) >= 11 is 0. The Labute approximate surface area is 139 Å². The van der Waals surface area contributed by atoms with Crippen LogP contribution >= 0.6 is 0 Å². The summed E-state index contributed by atoms with van der Waals surface area (Å²) in [6.45, 7) is 5.62. The quantitative estimate of drug-likeness (QED) is 0.438. The molecule has 4 nitrogen and oxygen atoms in total. The van der Waals surface area contributed by atoms with E-state index >= 15 is 0 Å². The highest BCUT2D eigenvalue weighted by molar-refractivity contribution is 5.86. The predicted octanol–water partition coefficient (Wildman–Crippen LogP) is 4.92. The summed E-state index contributed by atoms with van der Waals surface area (Å²) in [5, 5.41) is 8.78. The standard InChI is InChI=1S/C19H28O4/c1-3-5-7-13-22-17-11-9-16(10-12-19(20)21)18(15-17)23-14-8-6-4-2/h9-12,15H,3-8,13-14H2,1-2H3,(H,20,21). The molecule has 1 aromatic rings. The normalized spacial score (nSPS) is 10.9. The maximum absolute atomic E-state index is 10.7. The van der Waals surface area contributed by atoms with Crippen LogP contribution in [0.2, 0.25) is 0 Å². The first-order valence-corrected chi connectivity index (χ1v) is 8.48. The predicted molar refractivity (Wildman–Crippen MR) is 93.2 cm³/mol. The van der Waals surface area contributed by atoms with Crippen LogP contribution in [0.15, 0.2) is 24.3 Å². The van der Waals surface area contributed by atoms with Crippen LogP contribution in [-0.2, 0) is 4.79 Å². The number of hydrogen-bond donors (Lipinski definition) is 1. The Morgan fingerprint density at radius 1 is 1.04 bits per heavy atom. The van der Waals surface area contributed by atoms with E-state index < -0.39 is 5.97 Å². The highest BCUT2D eigenvalue weighted by Crippen LogP contribution is 2.26. The third kappa shape index (κ3) is 8.29. The average Bonchev–Trinajstić information content (AvgIpc) is 2.54. The van der Waals surface area contributed by atoms with Gasteiger partial charge in [0.05, 0.1) is 13.2 Å². The fraction of sp³-hybridized carbons (Fsp3) is 0.526. The van der Waals surface area contributed by atoms with E-state index in [2.05, 4.69) is 13.8 Å². The Bertz CT molecular complexity index is 494. The second kappa shape index (κ2) is 11.6. The fourth-order valence-electron chi connectivity index (χ4n) is 2.10. The van der Waals surface area contributed by atoms with Crippen LogP contribution < -0.4 is 9.47 Å². The molecule has 0 spiro atoms. The van der Waals surface area contributed by atoms with E-state index in [0.29, 0.717) is 19.0 Å². The van der Waals surface area contributed by atoms with Gasteiger partial charge in [-0.25, -0.2) is 4.79 Å². The maximum Gasteiger partial charge on any atom is 0.328 e. The van der Waals surface area contributed by atoms with E-state index in [4.69, 9.17) is 14.6 Å². The second-order valence-corrected chi connectivity index (χ2v) is 5.48.